The number of amides is 6. The molecule has 9 atom stereocenters. The number of hydrogen-bond acceptors (Lipinski definition) is 14. The van der Waals surface area contributed by atoms with E-state index in [2.05, 4.69) is 26.6 Å². The van der Waals surface area contributed by atoms with Gasteiger partial charge in [0, 0.05) is 0 Å². The summed E-state index contributed by atoms with van der Waals surface area (Å²) in [4.78, 5) is 89.2. The van der Waals surface area contributed by atoms with Crippen LogP contribution in [0.25, 0.3) is 0 Å². The lowest BCUT2D eigenvalue weighted by Gasteiger charge is -2.28. The minimum atomic E-state index is -1.75. The predicted molar refractivity (Wildman–Crippen MR) is 178 cm³/mol. The number of aliphatic hydroxyl groups excluding tert-OH is 3. The fourth-order valence-corrected chi connectivity index (χ4v) is 4.47. The maximum atomic E-state index is 13.4. The second kappa shape index (κ2) is 23.4. The summed E-state index contributed by atoms with van der Waals surface area (Å²) in [5.41, 5.74) is 22.4. The van der Waals surface area contributed by atoms with E-state index >= 15 is 0 Å². The van der Waals surface area contributed by atoms with Gasteiger partial charge < -0.3 is 75.3 Å². The van der Waals surface area contributed by atoms with Gasteiger partial charge in [-0.3, -0.25) is 28.8 Å². The number of rotatable bonds is 24. The molecule has 0 aromatic heterocycles. The molecule has 0 aromatic carbocycles. The highest BCUT2D eigenvalue weighted by Gasteiger charge is 2.35. The van der Waals surface area contributed by atoms with Gasteiger partial charge >= 0.3 is 5.97 Å². The topological polar surface area (TPSA) is 377 Å². The van der Waals surface area contributed by atoms with Gasteiger partial charge in [-0.05, 0) is 65.1 Å². The predicted octanol–water partition coefficient (Wildman–Crippen LogP) is -6.85. The number of carbonyl (C=O) groups is 7. The van der Waals surface area contributed by atoms with Crippen LogP contribution in [-0.4, -0.2) is 143 Å². The number of carbonyl (C=O) groups excluding carboxylic acids is 6. The molecule has 0 saturated carbocycles. The van der Waals surface area contributed by atoms with Gasteiger partial charge in [-0.2, -0.15) is 0 Å². The first-order valence-corrected chi connectivity index (χ1v) is 16.2. The molecule has 6 amide bonds. The molecule has 288 valence electrons. The Morgan fingerprint density at radius 2 is 0.920 bits per heavy atom. The molecule has 0 unspecified atom stereocenters. The highest BCUT2D eigenvalue weighted by Crippen LogP contribution is 2.08. The first-order valence-electron chi connectivity index (χ1n) is 16.2. The van der Waals surface area contributed by atoms with E-state index in [1.807, 2.05) is 5.32 Å². The van der Waals surface area contributed by atoms with Gasteiger partial charge in [0.1, 0.15) is 30.2 Å². The van der Waals surface area contributed by atoms with Gasteiger partial charge in [0.25, 0.3) is 0 Å². The van der Waals surface area contributed by atoms with Crippen LogP contribution in [-0.2, 0) is 33.6 Å². The van der Waals surface area contributed by atoms with Crippen LogP contribution in [0.5, 0.6) is 0 Å². The zero-order valence-corrected chi connectivity index (χ0v) is 28.9. The van der Waals surface area contributed by atoms with Crippen molar-refractivity contribution in [2.45, 2.75) is 108 Å². The summed E-state index contributed by atoms with van der Waals surface area (Å²) in [6.45, 7) is 4.80. The van der Waals surface area contributed by atoms with Gasteiger partial charge in [0.15, 0.2) is 6.04 Å². The third-order valence-electron chi connectivity index (χ3n) is 7.26. The van der Waals surface area contributed by atoms with Crippen molar-refractivity contribution < 1.29 is 54.0 Å². The summed E-state index contributed by atoms with van der Waals surface area (Å²) in [6, 6.07) is -9.97. The second-order valence-electron chi connectivity index (χ2n) is 12.2. The molecular formula is C29H56N10O11. The average Bonchev–Trinajstić information content (AvgIpc) is 3.02. The third kappa shape index (κ3) is 16.1. The Balaban J connectivity index is 5.92. The minimum Gasteiger partial charge on any atom is -0.480 e. The molecule has 0 radical (unpaired) electrons. The summed E-state index contributed by atoms with van der Waals surface area (Å²) < 4.78 is 0. The molecule has 0 aromatic rings. The summed E-state index contributed by atoms with van der Waals surface area (Å²) in [7, 11) is 0. The molecule has 21 nitrogen and oxygen atoms in total. The molecule has 0 aliphatic heterocycles. The van der Waals surface area contributed by atoms with Crippen molar-refractivity contribution in [3.8, 4) is 0 Å². The summed E-state index contributed by atoms with van der Waals surface area (Å²) in [6.07, 6.45) is -3.03. The zero-order valence-electron chi connectivity index (χ0n) is 28.9. The number of nitrogens with two attached hydrogens (primary N) is 4. The molecule has 0 aliphatic carbocycles. The number of nitrogens with one attached hydrogen (secondary N) is 6. The van der Waals surface area contributed by atoms with Crippen LogP contribution in [0.3, 0.4) is 0 Å². The monoisotopic (exact) mass is 720 g/mol. The fraction of sp³-hybridized carbons (Fsp3) is 0.759. The van der Waals surface area contributed by atoms with Gasteiger partial charge in [0.05, 0.1) is 24.9 Å². The highest BCUT2D eigenvalue weighted by molar-refractivity contribution is 5.97. The zero-order chi connectivity index (χ0) is 38.7. The molecule has 0 rings (SSSR count). The maximum Gasteiger partial charge on any atom is 0.328 e. The lowest BCUT2D eigenvalue weighted by Crippen LogP contribution is -2.62. The molecule has 0 aliphatic rings. The Morgan fingerprint density at radius 1 is 0.540 bits per heavy atom. The Labute approximate surface area is 290 Å². The van der Waals surface area contributed by atoms with Crippen LogP contribution in [0.15, 0.2) is 0 Å². The average molecular weight is 721 g/mol. The number of carboxylic acid groups (broad SMARTS) is 1. The van der Waals surface area contributed by atoms with Crippen molar-refractivity contribution in [1.82, 2.24) is 31.9 Å². The second-order valence-corrected chi connectivity index (χ2v) is 12.2. The van der Waals surface area contributed by atoms with Crippen molar-refractivity contribution in [3.63, 3.8) is 0 Å². The summed E-state index contributed by atoms with van der Waals surface area (Å²) in [5, 5.41) is 52.8. The molecule has 0 spiro atoms. The maximum absolute atomic E-state index is 13.4. The van der Waals surface area contributed by atoms with Gasteiger partial charge in [0.2, 0.25) is 35.4 Å². The van der Waals surface area contributed by atoms with E-state index in [4.69, 9.17) is 22.9 Å². The van der Waals surface area contributed by atoms with E-state index in [-0.39, 0.29) is 51.2 Å². The summed E-state index contributed by atoms with van der Waals surface area (Å²) in [5.74, 6) is -7.24. The Morgan fingerprint density at radius 3 is 1.32 bits per heavy atom. The highest BCUT2D eigenvalue weighted by atomic mass is 16.4. The number of carboxylic acids is 1. The van der Waals surface area contributed by atoms with E-state index in [0.717, 1.165) is 6.92 Å². The largest absolute Gasteiger partial charge is 0.480 e. The first-order chi connectivity index (χ1) is 23.3. The lowest BCUT2D eigenvalue weighted by molar-refractivity contribution is -0.145. The normalized spacial score (nSPS) is 16.6. The van der Waals surface area contributed by atoms with Crippen molar-refractivity contribution in [3.05, 3.63) is 0 Å². The number of aliphatic hydroxyl groups is 3. The smallest absolute Gasteiger partial charge is 0.328 e. The molecular weight excluding hydrogens is 664 g/mol. The molecule has 21 heteroatoms. The molecule has 0 bridgehead atoms. The lowest BCUT2D eigenvalue weighted by atomic mass is 10.0. The van der Waals surface area contributed by atoms with Crippen molar-refractivity contribution in [1.29, 1.82) is 0 Å². The molecule has 0 heterocycles. The standard InChI is InChI=1S/C29H56N10O11/c1-13(2)11-19(36-24(44)17(6-9-31)34-23(43)16(33)5-8-30)26(46)38-21(14(3)41)28(48)35-18(7-10-32)25(45)37-20(12-40)27(47)39-22(15(4)42)29(49)50/h13-22,40-42H,5-12,30-33H2,1-4H3,(H,34,43)(H,35,48)(H,36,44)(H,37,45)(H,38,46)(H,39,47)(H,49,50)/t14-,15-,16+,17+,18+,19-,20+,21+,22+/m1/s1. The molecule has 18 N–H and O–H groups in total. The van der Waals surface area contributed by atoms with Crippen LogP contribution in [0.4, 0.5) is 0 Å². The van der Waals surface area contributed by atoms with Crippen LogP contribution >= 0.6 is 0 Å². The third-order valence-corrected chi connectivity index (χ3v) is 7.26. The molecule has 0 saturated heterocycles. The van der Waals surface area contributed by atoms with Crippen LogP contribution in [0.2, 0.25) is 0 Å². The molecule has 50 heavy (non-hydrogen) atoms. The van der Waals surface area contributed by atoms with E-state index in [1.165, 1.54) is 6.92 Å². The van der Waals surface area contributed by atoms with Crippen LogP contribution < -0.4 is 54.8 Å². The number of hydrogen-bond donors (Lipinski definition) is 14. The van der Waals surface area contributed by atoms with Gasteiger partial charge in [-0.25, -0.2) is 4.79 Å². The Bertz CT molecular complexity index is 1140. The van der Waals surface area contributed by atoms with Crippen molar-refractivity contribution >= 4 is 41.4 Å². The summed E-state index contributed by atoms with van der Waals surface area (Å²) >= 11 is 0. The van der Waals surface area contributed by atoms with Crippen molar-refractivity contribution in [2.24, 2.45) is 28.9 Å². The first kappa shape index (κ1) is 46.0. The Hall–Kier alpha value is -3.99. The Kier molecular flexibility index (Phi) is 21.6. The van der Waals surface area contributed by atoms with Crippen LogP contribution in [0, 0.1) is 5.92 Å². The van der Waals surface area contributed by atoms with E-state index in [9.17, 15) is 54.0 Å². The van der Waals surface area contributed by atoms with E-state index in [1.54, 1.807) is 13.8 Å². The fourth-order valence-electron chi connectivity index (χ4n) is 4.47. The quantitative estimate of drug-likeness (QED) is 0.0440. The number of aliphatic carboxylic acids is 1. The molecule has 0 fully saturated rings. The van der Waals surface area contributed by atoms with Gasteiger partial charge in [-0.15, -0.1) is 0 Å². The SMILES string of the molecule is CC(C)C[C@@H](NC(=O)[C@H](CCN)NC(=O)[C@@H](N)CCN)C(=O)N[C@H](C(=O)N[C@@H](CCN)C(=O)N[C@@H](CO)C(=O)N[C@H](C(=O)O)[C@@H](C)O)[C@@H](C)O. The van der Waals surface area contributed by atoms with Gasteiger partial charge in [-0.1, -0.05) is 13.8 Å². The van der Waals surface area contributed by atoms with E-state index < -0.39 is 103 Å². The van der Waals surface area contributed by atoms with E-state index in [0.29, 0.717) is 0 Å². The van der Waals surface area contributed by atoms with Crippen LogP contribution in [0.1, 0.15) is 53.4 Å². The minimum absolute atomic E-state index is 0.00178. The van der Waals surface area contributed by atoms with Crippen molar-refractivity contribution in [2.75, 3.05) is 26.2 Å².